The van der Waals surface area contributed by atoms with Gasteiger partial charge in [-0.2, -0.15) is 0 Å². The lowest BCUT2D eigenvalue weighted by atomic mass is 10.2. The molecule has 1 saturated heterocycles. The number of hydrogen-bond acceptors (Lipinski definition) is 4. The first-order valence-corrected chi connectivity index (χ1v) is 5.52. The molecule has 1 aliphatic heterocycles. The van der Waals surface area contributed by atoms with E-state index in [0.29, 0.717) is 13.1 Å². The molecule has 0 unspecified atom stereocenters. The number of carbonyl (C=O) groups excluding carboxylic acids is 1. The van der Waals surface area contributed by atoms with Crippen LogP contribution in [-0.4, -0.2) is 46.6 Å². The molecule has 3 N–H and O–H groups in total. The van der Waals surface area contributed by atoms with Gasteiger partial charge in [-0.15, -0.1) is 0 Å². The number of amides is 1. The number of aromatic nitrogens is 1. The number of aromatic amines is 1. The van der Waals surface area contributed by atoms with Gasteiger partial charge in [-0.25, -0.2) is 0 Å². The maximum absolute atomic E-state index is 12.1. The smallest absolute Gasteiger partial charge is 0.254 e. The van der Waals surface area contributed by atoms with Gasteiger partial charge >= 0.3 is 0 Å². The summed E-state index contributed by atoms with van der Waals surface area (Å²) in [5.41, 5.74) is -0.253. The number of nitrogens with zero attached hydrogens (tertiary/aromatic N) is 1. The molecular weight excluding hydrogens is 222 g/mol. The summed E-state index contributed by atoms with van der Waals surface area (Å²) in [4.78, 5) is 27.1. The Hall–Kier alpha value is -1.82. The third-order valence-corrected chi connectivity index (χ3v) is 2.73. The monoisotopic (exact) mass is 237 g/mol. The molecule has 1 aliphatic rings. The maximum Gasteiger partial charge on any atom is 0.254 e. The van der Waals surface area contributed by atoms with Gasteiger partial charge in [0.2, 0.25) is 0 Å². The lowest BCUT2D eigenvalue weighted by Crippen LogP contribution is -2.51. The predicted molar refractivity (Wildman–Crippen MR) is 62.1 cm³/mol. The van der Waals surface area contributed by atoms with Crippen molar-refractivity contribution >= 4 is 5.91 Å². The Kier molecular flexibility index (Phi) is 3.14. The van der Waals surface area contributed by atoms with E-state index in [0.717, 1.165) is 6.54 Å². The molecule has 17 heavy (non-hydrogen) atoms. The van der Waals surface area contributed by atoms with E-state index < -0.39 is 5.56 Å². The maximum atomic E-state index is 12.1. The number of pyridine rings is 1. The third kappa shape index (κ3) is 2.65. The first-order chi connectivity index (χ1) is 8.06. The highest BCUT2D eigenvalue weighted by Gasteiger charge is 2.22. The molecule has 0 aromatic carbocycles. The molecule has 2 heterocycles. The zero-order chi connectivity index (χ0) is 12.4. The lowest BCUT2D eigenvalue weighted by molar-refractivity contribution is 0.0708. The molecule has 0 saturated carbocycles. The Morgan fingerprint density at radius 3 is 2.94 bits per heavy atom. The van der Waals surface area contributed by atoms with Gasteiger partial charge in [0.05, 0.1) is 5.56 Å². The largest absolute Gasteiger partial charge is 0.494 e. The molecule has 0 spiro atoms. The van der Waals surface area contributed by atoms with Crippen LogP contribution < -0.4 is 10.9 Å². The molecule has 0 bridgehead atoms. The van der Waals surface area contributed by atoms with Gasteiger partial charge in [-0.1, -0.05) is 0 Å². The fourth-order valence-corrected chi connectivity index (χ4v) is 1.95. The summed E-state index contributed by atoms with van der Waals surface area (Å²) in [6, 6.07) is 2.72. The summed E-state index contributed by atoms with van der Waals surface area (Å²) in [6.45, 7) is 3.94. The topological polar surface area (TPSA) is 85.4 Å². The highest BCUT2D eigenvalue weighted by atomic mass is 16.3. The van der Waals surface area contributed by atoms with Crippen molar-refractivity contribution in [2.24, 2.45) is 0 Å². The summed E-state index contributed by atoms with van der Waals surface area (Å²) in [7, 11) is 0. The van der Waals surface area contributed by atoms with Crippen LogP contribution in [0, 0.1) is 0 Å². The lowest BCUT2D eigenvalue weighted by Gasteiger charge is -2.31. The second kappa shape index (κ2) is 4.58. The first-order valence-electron chi connectivity index (χ1n) is 5.52. The van der Waals surface area contributed by atoms with Gasteiger partial charge in [0, 0.05) is 37.8 Å². The minimum Gasteiger partial charge on any atom is -0.494 e. The van der Waals surface area contributed by atoms with E-state index in [1.165, 1.54) is 12.1 Å². The van der Waals surface area contributed by atoms with Gasteiger partial charge in [0.15, 0.2) is 5.88 Å². The van der Waals surface area contributed by atoms with Crippen molar-refractivity contribution in [1.29, 1.82) is 0 Å². The molecule has 92 valence electrons. The van der Waals surface area contributed by atoms with Crippen LogP contribution in [0.15, 0.2) is 16.9 Å². The minimum atomic E-state index is -0.475. The van der Waals surface area contributed by atoms with Gasteiger partial charge in [0.1, 0.15) is 0 Å². The van der Waals surface area contributed by atoms with Crippen LogP contribution >= 0.6 is 0 Å². The molecule has 1 atom stereocenters. The number of H-pyrrole nitrogens is 1. The van der Waals surface area contributed by atoms with Crippen LogP contribution in [0.4, 0.5) is 0 Å². The van der Waals surface area contributed by atoms with E-state index in [4.69, 9.17) is 0 Å². The van der Waals surface area contributed by atoms with Crippen molar-refractivity contribution in [3.05, 3.63) is 28.0 Å². The fraction of sp³-hybridized carbons (Fsp3) is 0.455. The van der Waals surface area contributed by atoms with Crippen LogP contribution in [0.25, 0.3) is 0 Å². The van der Waals surface area contributed by atoms with Crippen molar-refractivity contribution in [3.63, 3.8) is 0 Å². The molecular formula is C11H15N3O3. The molecule has 0 aliphatic carbocycles. The SMILES string of the molecule is C[C@H]1CN(C(=O)c2cc(O)[nH]c(=O)c2)CCN1. The standard InChI is InChI=1S/C11H15N3O3/c1-7-6-14(3-2-12-7)11(17)8-4-9(15)13-10(16)5-8/h4-5,7,12H,2-3,6H2,1H3,(H2,13,15,16)/t7-/m0/s1. The first kappa shape index (κ1) is 11.7. The fourth-order valence-electron chi connectivity index (χ4n) is 1.95. The zero-order valence-corrected chi connectivity index (χ0v) is 9.56. The summed E-state index contributed by atoms with van der Waals surface area (Å²) < 4.78 is 0. The summed E-state index contributed by atoms with van der Waals surface area (Å²) >= 11 is 0. The van der Waals surface area contributed by atoms with Gasteiger partial charge < -0.3 is 15.3 Å². The van der Waals surface area contributed by atoms with Gasteiger partial charge in [0.25, 0.3) is 11.5 Å². The number of rotatable bonds is 1. The van der Waals surface area contributed by atoms with E-state index in [2.05, 4.69) is 10.3 Å². The summed E-state index contributed by atoms with van der Waals surface area (Å²) in [6.07, 6.45) is 0. The van der Waals surface area contributed by atoms with Gasteiger partial charge in [-0.05, 0) is 6.92 Å². The van der Waals surface area contributed by atoms with E-state index in [1.54, 1.807) is 4.90 Å². The zero-order valence-electron chi connectivity index (χ0n) is 9.56. The van der Waals surface area contributed by atoms with E-state index in [1.807, 2.05) is 6.92 Å². The molecule has 1 aromatic rings. The highest BCUT2D eigenvalue weighted by molar-refractivity contribution is 5.94. The predicted octanol–water partition coefficient (Wildman–Crippen LogP) is -0.486. The Morgan fingerprint density at radius 2 is 2.29 bits per heavy atom. The average Bonchev–Trinajstić information content (AvgIpc) is 2.26. The molecule has 1 aromatic heterocycles. The van der Waals surface area contributed by atoms with Crippen LogP contribution in [-0.2, 0) is 0 Å². The molecule has 1 fully saturated rings. The number of piperazine rings is 1. The Labute approximate surface area is 98.3 Å². The van der Waals surface area contributed by atoms with Crippen LogP contribution in [0.2, 0.25) is 0 Å². The molecule has 1 amide bonds. The second-order valence-corrected chi connectivity index (χ2v) is 4.22. The average molecular weight is 237 g/mol. The van der Waals surface area contributed by atoms with Crippen molar-refractivity contribution < 1.29 is 9.90 Å². The van der Waals surface area contributed by atoms with E-state index in [9.17, 15) is 14.7 Å². The number of hydrogen-bond donors (Lipinski definition) is 3. The van der Waals surface area contributed by atoms with E-state index >= 15 is 0 Å². The van der Waals surface area contributed by atoms with Crippen molar-refractivity contribution in [1.82, 2.24) is 15.2 Å². The minimum absolute atomic E-state index is 0.222. The Balaban J connectivity index is 2.21. The number of carbonyl (C=O) groups is 1. The molecule has 0 radical (unpaired) electrons. The number of nitrogens with one attached hydrogen (secondary N) is 2. The van der Waals surface area contributed by atoms with E-state index in [-0.39, 0.29) is 23.4 Å². The summed E-state index contributed by atoms with van der Waals surface area (Å²) in [5.74, 6) is -0.510. The molecule has 6 heteroatoms. The highest BCUT2D eigenvalue weighted by Crippen LogP contribution is 2.09. The Morgan fingerprint density at radius 1 is 1.53 bits per heavy atom. The van der Waals surface area contributed by atoms with Crippen LogP contribution in [0.3, 0.4) is 0 Å². The molecule has 6 nitrogen and oxygen atoms in total. The third-order valence-electron chi connectivity index (χ3n) is 2.73. The van der Waals surface area contributed by atoms with Crippen molar-refractivity contribution in [2.45, 2.75) is 13.0 Å². The van der Waals surface area contributed by atoms with Gasteiger partial charge in [-0.3, -0.25) is 14.6 Å². The normalized spacial score (nSPS) is 20.3. The van der Waals surface area contributed by atoms with Crippen LogP contribution in [0.5, 0.6) is 5.88 Å². The Bertz CT molecular complexity index is 483. The molecule has 2 rings (SSSR count). The quantitative estimate of drug-likeness (QED) is 0.615. The number of aromatic hydroxyl groups is 1. The summed E-state index contributed by atoms with van der Waals surface area (Å²) in [5, 5.41) is 12.5. The van der Waals surface area contributed by atoms with Crippen LogP contribution in [0.1, 0.15) is 17.3 Å². The second-order valence-electron chi connectivity index (χ2n) is 4.22. The van der Waals surface area contributed by atoms with Crippen molar-refractivity contribution in [2.75, 3.05) is 19.6 Å². The van der Waals surface area contributed by atoms with Crippen molar-refractivity contribution in [3.8, 4) is 5.88 Å².